The molecular formula is C20H28O4. The topological polar surface area (TPSA) is 52.6 Å². The van der Waals surface area contributed by atoms with Crippen LogP contribution in [0.15, 0.2) is 46.0 Å². The summed E-state index contributed by atoms with van der Waals surface area (Å²) in [5.74, 6) is -0.514. The Hall–Kier alpha value is -2.10. The first kappa shape index (κ1) is 19.9. The average molecular weight is 332 g/mol. The number of carbonyl (C=O) groups is 2. The lowest BCUT2D eigenvalue weighted by Crippen LogP contribution is -2.25. The van der Waals surface area contributed by atoms with E-state index in [1.54, 1.807) is 6.92 Å². The van der Waals surface area contributed by atoms with E-state index in [-0.39, 0.29) is 23.1 Å². The summed E-state index contributed by atoms with van der Waals surface area (Å²) in [6.07, 6.45) is 7.64. The number of hydrogen-bond donors (Lipinski definition) is 0. The molecule has 0 saturated heterocycles. The maximum Gasteiger partial charge on any atom is 0.228 e. The first-order valence-electron chi connectivity index (χ1n) is 8.23. The normalized spacial score (nSPS) is 15.8. The molecule has 1 rings (SSSR count). The highest BCUT2D eigenvalue weighted by Crippen LogP contribution is 2.28. The van der Waals surface area contributed by atoms with Crippen molar-refractivity contribution in [1.82, 2.24) is 0 Å². The number of hydrogen-bond acceptors (Lipinski definition) is 4. The molecule has 0 aromatic rings. The molecule has 1 aliphatic rings. The number of rotatable bonds is 8. The molecular weight excluding hydrogens is 304 g/mol. The Morgan fingerprint density at radius 2 is 1.50 bits per heavy atom. The summed E-state index contributed by atoms with van der Waals surface area (Å²) in [7, 11) is 2.75. The first-order chi connectivity index (χ1) is 11.3. The highest BCUT2D eigenvalue weighted by atomic mass is 16.5. The monoisotopic (exact) mass is 332 g/mol. The Morgan fingerprint density at radius 3 is 2.04 bits per heavy atom. The molecule has 0 unspecified atom stereocenters. The Balaban J connectivity index is 2.77. The fourth-order valence-corrected chi connectivity index (χ4v) is 2.65. The van der Waals surface area contributed by atoms with Gasteiger partial charge in [0, 0.05) is 11.1 Å². The molecule has 0 aromatic carbocycles. The minimum atomic E-state index is -0.270. The van der Waals surface area contributed by atoms with Crippen molar-refractivity contribution >= 4 is 11.6 Å². The second-order valence-corrected chi connectivity index (χ2v) is 6.24. The van der Waals surface area contributed by atoms with Gasteiger partial charge in [-0.3, -0.25) is 9.59 Å². The smallest absolute Gasteiger partial charge is 0.228 e. The largest absolute Gasteiger partial charge is 0.489 e. The molecule has 0 spiro atoms. The van der Waals surface area contributed by atoms with E-state index in [2.05, 4.69) is 32.9 Å². The second kappa shape index (κ2) is 9.26. The van der Waals surface area contributed by atoms with Crippen LogP contribution in [-0.2, 0) is 19.1 Å². The van der Waals surface area contributed by atoms with Crippen molar-refractivity contribution in [2.24, 2.45) is 0 Å². The van der Waals surface area contributed by atoms with Crippen molar-refractivity contribution in [3.63, 3.8) is 0 Å². The van der Waals surface area contributed by atoms with Gasteiger partial charge in [0.1, 0.15) is 0 Å². The van der Waals surface area contributed by atoms with Gasteiger partial charge < -0.3 is 9.47 Å². The standard InChI is InChI=1S/C20H28O4/c1-13(2)9-7-10-14(3)11-8-12-16-15(4)17(21)19(23-5)20(24-6)18(16)22/h9,11H,7-8,10,12H2,1-6H3/b14-11+. The minimum Gasteiger partial charge on any atom is -0.489 e. The molecule has 0 heterocycles. The maximum absolute atomic E-state index is 12.5. The Labute approximate surface area is 144 Å². The molecule has 24 heavy (non-hydrogen) atoms. The zero-order valence-electron chi connectivity index (χ0n) is 15.6. The number of Topliss-reactive ketones (excluding diaryl/α,β-unsaturated/α-hetero) is 2. The Kier molecular flexibility index (Phi) is 7.69. The summed E-state index contributed by atoms with van der Waals surface area (Å²) in [5, 5.41) is 0. The van der Waals surface area contributed by atoms with Crippen LogP contribution < -0.4 is 0 Å². The van der Waals surface area contributed by atoms with Crippen LogP contribution in [0.5, 0.6) is 0 Å². The van der Waals surface area contributed by atoms with E-state index in [4.69, 9.17) is 9.47 Å². The second-order valence-electron chi connectivity index (χ2n) is 6.24. The number of ketones is 2. The minimum absolute atomic E-state index is 0.00260. The van der Waals surface area contributed by atoms with Crippen LogP contribution in [0.25, 0.3) is 0 Å². The number of allylic oxidation sites excluding steroid dienone is 6. The number of ether oxygens (including phenoxy) is 2. The maximum atomic E-state index is 12.5. The third-order valence-electron chi connectivity index (χ3n) is 4.07. The zero-order chi connectivity index (χ0) is 18.3. The van der Waals surface area contributed by atoms with Gasteiger partial charge in [-0.15, -0.1) is 0 Å². The van der Waals surface area contributed by atoms with Crippen LogP contribution in [0.1, 0.15) is 53.4 Å². The summed E-state index contributed by atoms with van der Waals surface area (Å²) in [6, 6.07) is 0. The Morgan fingerprint density at radius 1 is 0.917 bits per heavy atom. The molecule has 1 aliphatic carbocycles. The average Bonchev–Trinajstić information content (AvgIpc) is 2.53. The van der Waals surface area contributed by atoms with E-state index in [0.29, 0.717) is 17.6 Å². The molecule has 0 saturated carbocycles. The van der Waals surface area contributed by atoms with Crippen LogP contribution in [0.2, 0.25) is 0 Å². The highest BCUT2D eigenvalue weighted by Gasteiger charge is 2.34. The zero-order valence-corrected chi connectivity index (χ0v) is 15.6. The van der Waals surface area contributed by atoms with E-state index in [1.165, 1.54) is 25.4 Å². The van der Waals surface area contributed by atoms with Crippen molar-refractivity contribution in [3.8, 4) is 0 Å². The van der Waals surface area contributed by atoms with Gasteiger partial charge >= 0.3 is 0 Å². The lowest BCUT2D eigenvalue weighted by Gasteiger charge is -2.20. The molecule has 0 N–H and O–H groups in total. The van der Waals surface area contributed by atoms with Crippen molar-refractivity contribution in [1.29, 1.82) is 0 Å². The van der Waals surface area contributed by atoms with E-state index in [0.717, 1.165) is 19.3 Å². The van der Waals surface area contributed by atoms with Gasteiger partial charge in [0.25, 0.3) is 0 Å². The molecule has 0 aliphatic heterocycles. The molecule has 132 valence electrons. The molecule has 4 nitrogen and oxygen atoms in total. The van der Waals surface area contributed by atoms with Gasteiger partial charge in [-0.1, -0.05) is 23.3 Å². The lowest BCUT2D eigenvalue weighted by molar-refractivity contribution is -0.121. The first-order valence-corrected chi connectivity index (χ1v) is 8.23. The number of methoxy groups -OCH3 is 2. The highest BCUT2D eigenvalue weighted by molar-refractivity contribution is 6.23. The van der Waals surface area contributed by atoms with Gasteiger partial charge in [0.2, 0.25) is 23.1 Å². The lowest BCUT2D eigenvalue weighted by atomic mass is 9.90. The summed E-state index contributed by atoms with van der Waals surface area (Å²) >= 11 is 0. The quantitative estimate of drug-likeness (QED) is 0.487. The molecule has 0 aromatic heterocycles. The molecule has 0 amide bonds. The van der Waals surface area contributed by atoms with Gasteiger partial charge in [-0.2, -0.15) is 0 Å². The van der Waals surface area contributed by atoms with Crippen LogP contribution in [0.3, 0.4) is 0 Å². The van der Waals surface area contributed by atoms with Gasteiger partial charge in [0.15, 0.2) is 0 Å². The van der Waals surface area contributed by atoms with Crippen molar-refractivity contribution in [2.45, 2.75) is 53.4 Å². The van der Waals surface area contributed by atoms with Gasteiger partial charge in [-0.05, 0) is 53.4 Å². The van der Waals surface area contributed by atoms with Gasteiger partial charge in [0.05, 0.1) is 14.2 Å². The van der Waals surface area contributed by atoms with Crippen LogP contribution in [-0.4, -0.2) is 25.8 Å². The fraction of sp³-hybridized carbons (Fsp3) is 0.500. The summed E-state index contributed by atoms with van der Waals surface area (Å²) in [4.78, 5) is 24.8. The number of carbonyl (C=O) groups excluding carboxylic acids is 2. The van der Waals surface area contributed by atoms with E-state index < -0.39 is 0 Å². The molecule has 0 bridgehead atoms. The van der Waals surface area contributed by atoms with Crippen molar-refractivity contribution < 1.29 is 19.1 Å². The molecule has 0 atom stereocenters. The molecule has 0 radical (unpaired) electrons. The van der Waals surface area contributed by atoms with E-state index in [9.17, 15) is 9.59 Å². The molecule has 4 heteroatoms. The summed E-state index contributed by atoms with van der Waals surface area (Å²) in [6.45, 7) is 7.95. The third kappa shape index (κ3) is 4.95. The van der Waals surface area contributed by atoms with Crippen LogP contribution >= 0.6 is 0 Å². The van der Waals surface area contributed by atoms with Crippen molar-refractivity contribution in [2.75, 3.05) is 14.2 Å². The predicted molar refractivity (Wildman–Crippen MR) is 95.4 cm³/mol. The third-order valence-corrected chi connectivity index (χ3v) is 4.07. The summed E-state index contributed by atoms with van der Waals surface area (Å²) in [5.41, 5.74) is 3.59. The molecule has 0 fully saturated rings. The fourth-order valence-electron chi connectivity index (χ4n) is 2.65. The van der Waals surface area contributed by atoms with E-state index in [1.807, 2.05) is 0 Å². The SMILES string of the molecule is COC1=C(OC)C(=O)C(CC/C=C(\C)CCC=C(C)C)=C(C)C1=O. The van der Waals surface area contributed by atoms with Crippen molar-refractivity contribution in [3.05, 3.63) is 46.0 Å². The van der Waals surface area contributed by atoms with Crippen LogP contribution in [0, 0.1) is 0 Å². The van der Waals surface area contributed by atoms with Crippen LogP contribution in [0.4, 0.5) is 0 Å². The van der Waals surface area contributed by atoms with E-state index >= 15 is 0 Å². The van der Waals surface area contributed by atoms with Gasteiger partial charge in [-0.25, -0.2) is 0 Å². The Bertz CT molecular complexity index is 626. The predicted octanol–water partition coefficient (Wildman–Crippen LogP) is 4.43. The summed E-state index contributed by atoms with van der Waals surface area (Å²) < 4.78 is 10.1.